The summed E-state index contributed by atoms with van der Waals surface area (Å²) in [5.74, 6) is 1.63. The summed E-state index contributed by atoms with van der Waals surface area (Å²) in [5, 5.41) is 4.37. The number of rotatable bonds is 2. The average Bonchev–Trinajstić information content (AvgIpc) is 3.03. The first-order chi connectivity index (χ1) is 9.78. The summed E-state index contributed by atoms with van der Waals surface area (Å²) in [5.41, 5.74) is 3.79. The molecule has 1 atom stereocenters. The zero-order valence-electron chi connectivity index (χ0n) is 10.9. The number of hydrogen-bond donors (Lipinski definition) is 1. The van der Waals surface area contributed by atoms with Crippen molar-refractivity contribution in [3.05, 3.63) is 52.5 Å². The van der Waals surface area contributed by atoms with Crippen molar-refractivity contribution in [1.29, 1.82) is 0 Å². The first-order valence-corrected chi connectivity index (χ1v) is 7.09. The molecule has 1 aliphatic heterocycles. The van der Waals surface area contributed by atoms with Crippen LogP contribution >= 0.6 is 11.6 Å². The predicted octanol–water partition coefficient (Wildman–Crippen LogP) is 3.65. The highest BCUT2D eigenvalue weighted by Crippen LogP contribution is 2.35. The highest BCUT2D eigenvalue weighted by molar-refractivity contribution is 6.30. The second-order valence-corrected chi connectivity index (χ2v) is 5.67. The molecular formula is C16H14ClNO2. The lowest BCUT2D eigenvalue weighted by Crippen LogP contribution is -2.19. The Morgan fingerprint density at radius 1 is 0.950 bits per heavy atom. The number of hydrogen-bond acceptors (Lipinski definition) is 3. The van der Waals surface area contributed by atoms with E-state index in [0.29, 0.717) is 12.8 Å². The third-order valence-corrected chi connectivity index (χ3v) is 4.08. The van der Waals surface area contributed by atoms with E-state index in [9.17, 15) is 0 Å². The van der Waals surface area contributed by atoms with Gasteiger partial charge in [-0.25, -0.2) is 0 Å². The van der Waals surface area contributed by atoms with Crippen LogP contribution in [-0.2, 0) is 12.8 Å². The van der Waals surface area contributed by atoms with Gasteiger partial charge in [-0.2, -0.15) is 0 Å². The number of anilines is 1. The van der Waals surface area contributed by atoms with E-state index in [1.54, 1.807) is 0 Å². The summed E-state index contributed by atoms with van der Waals surface area (Å²) in [4.78, 5) is 0. The third kappa shape index (κ3) is 2.08. The molecule has 2 aliphatic rings. The van der Waals surface area contributed by atoms with Gasteiger partial charge < -0.3 is 14.8 Å². The molecule has 0 aromatic heterocycles. The molecular weight excluding hydrogens is 274 g/mol. The van der Waals surface area contributed by atoms with Crippen molar-refractivity contribution >= 4 is 17.3 Å². The molecule has 2 aromatic carbocycles. The number of ether oxygens (including phenoxy) is 2. The molecule has 2 aromatic rings. The van der Waals surface area contributed by atoms with E-state index in [4.69, 9.17) is 21.1 Å². The van der Waals surface area contributed by atoms with Gasteiger partial charge in [0.05, 0.1) is 0 Å². The van der Waals surface area contributed by atoms with Gasteiger partial charge in [0.15, 0.2) is 11.5 Å². The van der Waals surface area contributed by atoms with Crippen molar-refractivity contribution in [2.75, 3.05) is 12.1 Å². The molecule has 3 nitrogen and oxygen atoms in total. The van der Waals surface area contributed by atoms with Crippen LogP contribution in [0, 0.1) is 0 Å². The molecule has 0 saturated carbocycles. The maximum absolute atomic E-state index is 6.04. The van der Waals surface area contributed by atoms with Gasteiger partial charge in [0, 0.05) is 22.8 Å². The minimum absolute atomic E-state index is 0.312. The van der Waals surface area contributed by atoms with Gasteiger partial charge in [-0.15, -0.1) is 0 Å². The molecule has 4 rings (SSSR count). The normalized spacial score (nSPS) is 18.9. The Kier molecular flexibility index (Phi) is 2.74. The van der Waals surface area contributed by atoms with E-state index in [0.717, 1.165) is 35.1 Å². The zero-order chi connectivity index (χ0) is 13.5. The van der Waals surface area contributed by atoms with E-state index in [2.05, 4.69) is 17.4 Å². The Morgan fingerprint density at radius 3 is 2.75 bits per heavy atom. The highest BCUT2D eigenvalue weighted by Gasteiger charge is 2.22. The Hall–Kier alpha value is -1.87. The van der Waals surface area contributed by atoms with Crippen molar-refractivity contribution in [2.24, 2.45) is 0 Å². The monoisotopic (exact) mass is 287 g/mol. The summed E-state index contributed by atoms with van der Waals surface area (Å²) in [7, 11) is 0. The van der Waals surface area contributed by atoms with Gasteiger partial charge in [0.2, 0.25) is 6.79 Å². The molecule has 0 bridgehead atoms. The van der Waals surface area contributed by atoms with Crippen molar-refractivity contribution in [1.82, 2.24) is 0 Å². The van der Waals surface area contributed by atoms with Gasteiger partial charge >= 0.3 is 0 Å². The van der Waals surface area contributed by atoms with Crippen LogP contribution in [0.2, 0.25) is 5.02 Å². The van der Waals surface area contributed by atoms with Gasteiger partial charge in [-0.05, 0) is 48.2 Å². The number of benzene rings is 2. The summed E-state index contributed by atoms with van der Waals surface area (Å²) in [6.45, 7) is 0.312. The lowest BCUT2D eigenvalue weighted by molar-refractivity contribution is 0.174. The predicted molar refractivity (Wildman–Crippen MR) is 78.8 cm³/mol. The quantitative estimate of drug-likeness (QED) is 0.914. The summed E-state index contributed by atoms with van der Waals surface area (Å²) in [6, 6.07) is 12.5. The van der Waals surface area contributed by atoms with Crippen LogP contribution in [0.5, 0.6) is 11.5 Å². The molecule has 102 valence electrons. The Morgan fingerprint density at radius 2 is 1.80 bits per heavy atom. The molecule has 1 aliphatic carbocycles. The topological polar surface area (TPSA) is 30.5 Å². The van der Waals surface area contributed by atoms with Gasteiger partial charge in [-0.3, -0.25) is 0 Å². The molecule has 0 saturated heterocycles. The highest BCUT2D eigenvalue weighted by atomic mass is 35.5. The summed E-state index contributed by atoms with van der Waals surface area (Å²) >= 11 is 6.04. The molecule has 0 fully saturated rings. The van der Waals surface area contributed by atoms with Crippen LogP contribution in [0.1, 0.15) is 11.1 Å². The molecule has 4 heteroatoms. The molecule has 1 N–H and O–H groups in total. The minimum Gasteiger partial charge on any atom is -0.454 e. The smallest absolute Gasteiger partial charge is 0.231 e. The van der Waals surface area contributed by atoms with Gasteiger partial charge in [-0.1, -0.05) is 17.7 Å². The van der Waals surface area contributed by atoms with E-state index in [1.165, 1.54) is 11.1 Å². The molecule has 0 spiro atoms. The number of nitrogens with one attached hydrogen (secondary N) is 1. The molecule has 0 amide bonds. The number of fused-ring (bicyclic) bond motifs is 2. The Labute approximate surface area is 122 Å². The molecule has 1 unspecified atom stereocenters. The van der Waals surface area contributed by atoms with Crippen molar-refractivity contribution < 1.29 is 9.47 Å². The van der Waals surface area contributed by atoms with E-state index in [-0.39, 0.29) is 0 Å². The zero-order valence-corrected chi connectivity index (χ0v) is 11.6. The lowest BCUT2D eigenvalue weighted by atomic mass is 10.1. The largest absolute Gasteiger partial charge is 0.454 e. The van der Waals surface area contributed by atoms with E-state index < -0.39 is 0 Å². The second-order valence-electron chi connectivity index (χ2n) is 5.23. The van der Waals surface area contributed by atoms with Crippen LogP contribution in [0.4, 0.5) is 5.69 Å². The Bertz CT molecular complexity index is 672. The standard InChI is InChI=1S/C16H14ClNO2/c17-12-2-1-10-6-14(7-11(10)5-12)18-13-3-4-15-16(8-13)20-9-19-15/h1-5,8,14,18H,6-7,9H2. The lowest BCUT2D eigenvalue weighted by Gasteiger charge is -2.13. The molecule has 20 heavy (non-hydrogen) atoms. The van der Waals surface area contributed by atoms with E-state index >= 15 is 0 Å². The van der Waals surface area contributed by atoms with Crippen LogP contribution in [-0.4, -0.2) is 12.8 Å². The average molecular weight is 288 g/mol. The van der Waals surface area contributed by atoms with Crippen molar-refractivity contribution in [3.63, 3.8) is 0 Å². The molecule has 0 radical (unpaired) electrons. The number of halogens is 1. The van der Waals surface area contributed by atoms with Gasteiger partial charge in [0.1, 0.15) is 0 Å². The fourth-order valence-electron chi connectivity index (χ4n) is 2.91. The van der Waals surface area contributed by atoms with E-state index in [1.807, 2.05) is 24.3 Å². The van der Waals surface area contributed by atoms with Crippen LogP contribution in [0.3, 0.4) is 0 Å². The van der Waals surface area contributed by atoms with Crippen LogP contribution in [0.25, 0.3) is 0 Å². The summed E-state index contributed by atoms with van der Waals surface area (Å²) in [6.07, 6.45) is 2.03. The fraction of sp³-hybridized carbons (Fsp3) is 0.250. The third-order valence-electron chi connectivity index (χ3n) is 3.84. The van der Waals surface area contributed by atoms with Crippen molar-refractivity contribution in [2.45, 2.75) is 18.9 Å². The fourth-order valence-corrected chi connectivity index (χ4v) is 3.11. The minimum atomic E-state index is 0.312. The van der Waals surface area contributed by atoms with Crippen molar-refractivity contribution in [3.8, 4) is 11.5 Å². The second kappa shape index (κ2) is 4.60. The maximum atomic E-state index is 6.04. The summed E-state index contributed by atoms with van der Waals surface area (Å²) < 4.78 is 10.7. The first kappa shape index (κ1) is 11.9. The van der Waals surface area contributed by atoms with Crippen LogP contribution < -0.4 is 14.8 Å². The maximum Gasteiger partial charge on any atom is 0.231 e. The van der Waals surface area contributed by atoms with Crippen LogP contribution in [0.15, 0.2) is 36.4 Å². The Balaban J connectivity index is 1.51. The van der Waals surface area contributed by atoms with Gasteiger partial charge in [0.25, 0.3) is 0 Å². The first-order valence-electron chi connectivity index (χ1n) is 6.71. The molecule has 1 heterocycles. The SMILES string of the molecule is Clc1ccc2c(c1)CC(Nc1ccc3c(c1)OCO3)C2.